The first-order chi connectivity index (χ1) is 24.4. The Labute approximate surface area is 296 Å². The minimum atomic E-state index is -0.884. The molecule has 3 N–H and O–H groups in total. The lowest BCUT2D eigenvalue weighted by Crippen LogP contribution is -2.52. The quantitative estimate of drug-likeness (QED) is 0.151. The van der Waals surface area contributed by atoms with Crippen LogP contribution in [0.2, 0.25) is 0 Å². The van der Waals surface area contributed by atoms with Crippen LogP contribution < -0.4 is 10.6 Å². The number of aryl methyl sites for hydroxylation is 1. The summed E-state index contributed by atoms with van der Waals surface area (Å²) in [5, 5.41) is 21.4. The molecule has 50 heavy (non-hydrogen) atoms. The summed E-state index contributed by atoms with van der Waals surface area (Å²) in [5.74, 6) is -0.475. The van der Waals surface area contributed by atoms with E-state index in [9.17, 15) is 14.7 Å². The molecule has 9 nitrogen and oxygen atoms in total. The van der Waals surface area contributed by atoms with Crippen LogP contribution >= 0.6 is 11.3 Å². The van der Waals surface area contributed by atoms with E-state index >= 15 is 0 Å². The first kappa shape index (κ1) is 33.9. The Bertz CT molecular complexity index is 1880. The zero-order valence-electron chi connectivity index (χ0n) is 28.2. The van der Waals surface area contributed by atoms with Gasteiger partial charge in [0.15, 0.2) is 0 Å². The molecule has 2 fully saturated rings. The molecule has 3 aromatic carbocycles. The van der Waals surface area contributed by atoms with E-state index in [1.54, 1.807) is 23.5 Å². The molecule has 5 atom stereocenters. The van der Waals surface area contributed by atoms with Crippen molar-refractivity contribution in [3.05, 3.63) is 142 Å². The number of aliphatic hydroxyl groups is 1. The van der Waals surface area contributed by atoms with Gasteiger partial charge in [0.25, 0.3) is 11.8 Å². The fraction of sp³-hybridized carbons (Fsp3) is 0.325. The fourth-order valence-electron chi connectivity index (χ4n) is 7.04. The lowest BCUT2D eigenvalue weighted by Gasteiger charge is -2.29. The molecule has 4 heterocycles. The highest BCUT2D eigenvalue weighted by Crippen LogP contribution is 2.35. The molecule has 2 aromatic heterocycles. The third kappa shape index (κ3) is 7.89. The predicted octanol–water partition coefficient (Wildman–Crippen LogP) is 5.87. The molecule has 5 unspecified atom stereocenters. The number of carbonyl (C=O) groups excluding carboxylic acids is 2. The van der Waals surface area contributed by atoms with E-state index in [-0.39, 0.29) is 30.0 Å². The summed E-state index contributed by atoms with van der Waals surface area (Å²) in [7, 11) is 0. The Morgan fingerprint density at radius 3 is 2.44 bits per heavy atom. The van der Waals surface area contributed by atoms with Crippen molar-refractivity contribution in [1.82, 2.24) is 25.1 Å². The number of hydrogen-bond donors (Lipinski definition) is 3. The summed E-state index contributed by atoms with van der Waals surface area (Å²) >= 11 is 1.58. The number of aromatic nitrogens is 2. The van der Waals surface area contributed by atoms with Crippen molar-refractivity contribution < 1.29 is 19.4 Å². The van der Waals surface area contributed by atoms with Crippen LogP contribution in [-0.2, 0) is 17.8 Å². The summed E-state index contributed by atoms with van der Waals surface area (Å²) in [6.07, 6.45) is 5.66. The second kappa shape index (κ2) is 15.5. The molecule has 0 spiro atoms. The van der Waals surface area contributed by atoms with E-state index in [0.29, 0.717) is 49.4 Å². The molecule has 5 aromatic rings. The number of nitrogens with one attached hydrogen (secondary N) is 2. The van der Waals surface area contributed by atoms with Crippen molar-refractivity contribution in [3.63, 3.8) is 0 Å². The number of nitrogens with zero attached hydrogens (tertiary/aromatic N) is 3. The molecule has 2 saturated heterocycles. The Kier molecular flexibility index (Phi) is 10.5. The van der Waals surface area contributed by atoms with E-state index < -0.39 is 12.1 Å². The highest BCUT2D eigenvalue weighted by molar-refractivity contribution is 7.09. The molecule has 0 aliphatic carbocycles. The van der Waals surface area contributed by atoms with Gasteiger partial charge in [-0.25, -0.2) is 4.98 Å². The Morgan fingerprint density at radius 2 is 1.72 bits per heavy atom. The maximum absolute atomic E-state index is 14.2. The second-order valence-corrected chi connectivity index (χ2v) is 14.2. The number of likely N-dealkylation sites (tertiary alicyclic amines) is 1. The molecule has 258 valence electrons. The van der Waals surface area contributed by atoms with Crippen molar-refractivity contribution in [2.24, 2.45) is 0 Å². The van der Waals surface area contributed by atoms with E-state index in [2.05, 4.69) is 15.6 Å². The molecule has 7 rings (SSSR count). The van der Waals surface area contributed by atoms with Gasteiger partial charge in [-0.1, -0.05) is 60.7 Å². The van der Waals surface area contributed by atoms with Gasteiger partial charge in [-0.15, -0.1) is 11.3 Å². The highest BCUT2D eigenvalue weighted by atomic mass is 32.1. The van der Waals surface area contributed by atoms with Crippen LogP contribution in [0.15, 0.2) is 109 Å². The normalized spacial score (nSPS) is 20.1. The molecular weight excluding hydrogens is 647 g/mol. The zero-order chi connectivity index (χ0) is 34.5. The molecule has 2 aliphatic heterocycles. The van der Waals surface area contributed by atoms with Gasteiger partial charge < -0.3 is 29.9 Å². The van der Waals surface area contributed by atoms with Gasteiger partial charge in [0.1, 0.15) is 5.01 Å². The topological polar surface area (TPSA) is 109 Å². The zero-order valence-corrected chi connectivity index (χ0v) is 29.0. The lowest BCUT2D eigenvalue weighted by atomic mass is 9.94. The van der Waals surface area contributed by atoms with Crippen LogP contribution in [0.4, 0.5) is 0 Å². The third-order valence-electron chi connectivity index (χ3n) is 9.66. The van der Waals surface area contributed by atoms with Gasteiger partial charge in [-0.3, -0.25) is 9.59 Å². The van der Waals surface area contributed by atoms with Gasteiger partial charge >= 0.3 is 0 Å². The fourth-order valence-corrected chi connectivity index (χ4v) is 7.99. The summed E-state index contributed by atoms with van der Waals surface area (Å²) in [4.78, 5) is 34.9. The number of rotatable bonds is 12. The van der Waals surface area contributed by atoms with Crippen LogP contribution in [0.3, 0.4) is 0 Å². The van der Waals surface area contributed by atoms with Crippen LogP contribution in [0.1, 0.15) is 67.8 Å². The minimum absolute atomic E-state index is 0.0579. The van der Waals surface area contributed by atoms with Crippen LogP contribution in [0, 0.1) is 6.92 Å². The van der Waals surface area contributed by atoms with Crippen LogP contribution in [0.25, 0.3) is 5.69 Å². The van der Waals surface area contributed by atoms with Crippen molar-refractivity contribution in [3.8, 4) is 5.69 Å². The standard InChI is InChI=1S/C40H43N5O4S/c1-27-26-50-39(42-27)36-15-10-18-45(36)40(48)31-20-30(21-32(22-31)44-16-8-9-17-44)38(47)43-35(19-28-11-4-2-5-12-28)37(46)34-23-33(24-41-34)49-25-29-13-6-3-7-14-29/h2-9,11-14,16-17,20-22,26,33-37,41,46H,10,15,18-19,23-25H2,1H3,(H,43,47). The van der Waals surface area contributed by atoms with Crippen LogP contribution in [-0.4, -0.2) is 68.8 Å². The smallest absolute Gasteiger partial charge is 0.254 e. The summed E-state index contributed by atoms with van der Waals surface area (Å²) in [6, 6.07) is 28.1. The number of hydrogen-bond acceptors (Lipinski definition) is 7. The number of ether oxygens (including phenoxy) is 1. The van der Waals surface area contributed by atoms with Gasteiger partial charge in [0.05, 0.1) is 30.9 Å². The maximum Gasteiger partial charge on any atom is 0.254 e. The molecule has 2 amide bonds. The summed E-state index contributed by atoms with van der Waals surface area (Å²) in [5.41, 5.74) is 4.56. The van der Waals surface area contributed by atoms with Crippen LogP contribution in [0.5, 0.6) is 0 Å². The molecule has 0 saturated carbocycles. The highest BCUT2D eigenvalue weighted by Gasteiger charge is 2.36. The first-order valence-corrected chi connectivity index (χ1v) is 18.2. The average molecular weight is 690 g/mol. The minimum Gasteiger partial charge on any atom is -0.389 e. The van der Waals surface area contributed by atoms with Gasteiger partial charge in [-0.2, -0.15) is 0 Å². The largest absolute Gasteiger partial charge is 0.389 e. The number of benzene rings is 3. The average Bonchev–Trinajstić information content (AvgIpc) is 3.99. The van der Waals surface area contributed by atoms with Crippen molar-refractivity contribution in [2.45, 2.75) is 69.5 Å². The SMILES string of the molecule is Cc1csc(C2CCCN2C(=O)c2cc(C(=O)NC(Cc3ccccc3)C(O)C3CC(OCc4ccccc4)CN3)cc(-n3cccc3)c2)n1. The number of thiazole rings is 1. The molecule has 2 aliphatic rings. The molecule has 0 bridgehead atoms. The van der Waals surface area contributed by atoms with Gasteiger partial charge in [-0.05, 0) is 74.1 Å². The maximum atomic E-state index is 14.2. The van der Waals surface area contributed by atoms with Gasteiger partial charge in [0, 0.05) is 59.4 Å². The number of aliphatic hydroxyl groups excluding tert-OH is 1. The third-order valence-corrected chi connectivity index (χ3v) is 10.7. The molecule has 10 heteroatoms. The second-order valence-electron chi connectivity index (χ2n) is 13.3. The van der Waals surface area contributed by atoms with E-state index in [4.69, 9.17) is 4.74 Å². The van der Waals surface area contributed by atoms with Crippen molar-refractivity contribution in [1.29, 1.82) is 0 Å². The monoisotopic (exact) mass is 689 g/mol. The number of amides is 2. The first-order valence-electron chi connectivity index (χ1n) is 17.3. The Morgan fingerprint density at radius 1 is 1.00 bits per heavy atom. The number of carbonyl (C=O) groups is 2. The van der Waals surface area contributed by atoms with Crippen molar-refractivity contribution >= 4 is 23.2 Å². The van der Waals surface area contributed by atoms with E-state index in [1.807, 2.05) is 113 Å². The van der Waals surface area contributed by atoms with E-state index in [0.717, 1.165) is 34.7 Å². The summed E-state index contributed by atoms with van der Waals surface area (Å²) in [6.45, 7) is 3.71. The predicted molar refractivity (Wildman–Crippen MR) is 194 cm³/mol. The van der Waals surface area contributed by atoms with Crippen molar-refractivity contribution in [2.75, 3.05) is 13.1 Å². The summed E-state index contributed by atoms with van der Waals surface area (Å²) < 4.78 is 8.07. The Balaban J connectivity index is 1.12. The lowest BCUT2D eigenvalue weighted by molar-refractivity contribution is 0.0419. The molecular formula is C40H43N5O4S. The molecule has 0 radical (unpaired) electrons. The van der Waals surface area contributed by atoms with Gasteiger partial charge in [0.2, 0.25) is 0 Å². The Hall–Kier alpha value is -4.61. The van der Waals surface area contributed by atoms with E-state index in [1.165, 1.54) is 0 Å².